The summed E-state index contributed by atoms with van der Waals surface area (Å²) in [6, 6.07) is 3.74. The number of benzene rings is 1. The van der Waals surface area contributed by atoms with Crippen LogP contribution >= 0.6 is 0 Å². The monoisotopic (exact) mass is 249 g/mol. The van der Waals surface area contributed by atoms with Gasteiger partial charge in [-0.15, -0.1) is 0 Å². The molecule has 0 atom stereocenters. The number of nitrogens with two attached hydrogens (primary N) is 1. The smallest absolute Gasteiger partial charge is 0.404 e. The fourth-order valence-corrected chi connectivity index (χ4v) is 1.78. The Morgan fingerprint density at radius 1 is 1.61 bits per heavy atom. The lowest BCUT2D eigenvalue weighted by Gasteiger charge is -2.21. The molecule has 1 amide bonds. The fraction of sp³-hybridized carbons (Fsp3) is 0.273. The summed E-state index contributed by atoms with van der Waals surface area (Å²) in [4.78, 5) is 12.3. The SMILES string of the molecule is CN(CCNC(=O)O)c1cc2[nH]ncc2cc1N. The van der Waals surface area contributed by atoms with Crippen molar-refractivity contribution in [3.8, 4) is 0 Å². The minimum Gasteiger partial charge on any atom is -0.465 e. The lowest BCUT2D eigenvalue weighted by Crippen LogP contribution is -2.32. The average molecular weight is 249 g/mol. The van der Waals surface area contributed by atoms with Gasteiger partial charge in [0.1, 0.15) is 0 Å². The van der Waals surface area contributed by atoms with Gasteiger partial charge in [0.05, 0.1) is 23.1 Å². The van der Waals surface area contributed by atoms with Gasteiger partial charge >= 0.3 is 6.09 Å². The molecule has 0 aliphatic heterocycles. The predicted octanol–water partition coefficient (Wildman–Crippen LogP) is 0.849. The number of carbonyl (C=O) groups is 1. The molecule has 0 saturated carbocycles. The second-order valence-electron chi connectivity index (χ2n) is 4.02. The second-order valence-corrected chi connectivity index (χ2v) is 4.02. The zero-order chi connectivity index (χ0) is 13.1. The van der Waals surface area contributed by atoms with Crippen molar-refractivity contribution < 1.29 is 9.90 Å². The molecule has 0 radical (unpaired) electrons. The van der Waals surface area contributed by atoms with Crippen LogP contribution < -0.4 is 16.0 Å². The molecule has 0 saturated heterocycles. The van der Waals surface area contributed by atoms with Crippen molar-refractivity contribution in [2.75, 3.05) is 30.8 Å². The van der Waals surface area contributed by atoms with E-state index in [2.05, 4.69) is 15.5 Å². The highest BCUT2D eigenvalue weighted by Gasteiger charge is 2.08. The minimum absolute atomic E-state index is 0.340. The van der Waals surface area contributed by atoms with Gasteiger partial charge in [-0.05, 0) is 12.1 Å². The highest BCUT2D eigenvalue weighted by atomic mass is 16.4. The predicted molar refractivity (Wildman–Crippen MR) is 69.8 cm³/mol. The Hall–Kier alpha value is -2.44. The normalized spacial score (nSPS) is 10.5. The molecule has 0 unspecified atom stereocenters. The van der Waals surface area contributed by atoms with Gasteiger partial charge in [-0.3, -0.25) is 5.10 Å². The Balaban J connectivity index is 2.13. The first kappa shape index (κ1) is 12.0. The summed E-state index contributed by atoms with van der Waals surface area (Å²) >= 11 is 0. The highest BCUT2D eigenvalue weighted by Crippen LogP contribution is 2.26. The van der Waals surface area contributed by atoms with Gasteiger partial charge in [-0.1, -0.05) is 0 Å². The topological polar surface area (TPSA) is 107 Å². The molecule has 1 aromatic heterocycles. The third-order valence-corrected chi connectivity index (χ3v) is 2.72. The molecule has 2 aromatic rings. The van der Waals surface area contributed by atoms with E-state index in [-0.39, 0.29) is 0 Å². The van der Waals surface area contributed by atoms with Gasteiger partial charge in [-0.2, -0.15) is 5.10 Å². The molecule has 2 rings (SSSR count). The largest absolute Gasteiger partial charge is 0.465 e. The number of rotatable bonds is 4. The first-order chi connectivity index (χ1) is 8.58. The van der Waals surface area contributed by atoms with Gasteiger partial charge in [0.15, 0.2) is 0 Å². The van der Waals surface area contributed by atoms with E-state index in [1.807, 2.05) is 24.1 Å². The minimum atomic E-state index is -1.03. The van der Waals surface area contributed by atoms with Gasteiger partial charge in [-0.25, -0.2) is 4.79 Å². The average Bonchev–Trinajstić information content (AvgIpc) is 2.74. The van der Waals surface area contributed by atoms with Gasteiger partial charge in [0.25, 0.3) is 0 Å². The van der Waals surface area contributed by atoms with E-state index in [9.17, 15) is 4.79 Å². The van der Waals surface area contributed by atoms with Crippen LogP contribution in [0, 0.1) is 0 Å². The summed E-state index contributed by atoms with van der Waals surface area (Å²) in [6.07, 6.45) is 0.682. The number of fused-ring (bicyclic) bond motifs is 1. The Morgan fingerprint density at radius 3 is 3.11 bits per heavy atom. The van der Waals surface area contributed by atoms with Crippen LogP contribution in [0.4, 0.5) is 16.2 Å². The number of aromatic nitrogens is 2. The number of hydrogen-bond donors (Lipinski definition) is 4. The molecule has 7 heteroatoms. The second kappa shape index (κ2) is 4.82. The van der Waals surface area contributed by atoms with E-state index >= 15 is 0 Å². The van der Waals surface area contributed by atoms with Crippen molar-refractivity contribution in [1.29, 1.82) is 0 Å². The van der Waals surface area contributed by atoms with Crippen molar-refractivity contribution >= 4 is 28.4 Å². The van der Waals surface area contributed by atoms with Crippen molar-refractivity contribution in [2.24, 2.45) is 0 Å². The molecule has 0 bridgehead atoms. The summed E-state index contributed by atoms with van der Waals surface area (Å²) in [7, 11) is 1.86. The van der Waals surface area contributed by atoms with Crippen LogP contribution in [0.3, 0.4) is 0 Å². The highest BCUT2D eigenvalue weighted by molar-refractivity contribution is 5.88. The molecule has 1 heterocycles. The first-order valence-corrected chi connectivity index (χ1v) is 5.48. The lowest BCUT2D eigenvalue weighted by atomic mass is 10.2. The molecule has 1 aromatic carbocycles. The van der Waals surface area contributed by atoms with Crippen molar-refractivity contribution in [3.05, 3.63) is 18.3 Å². The van der Waals surface area contributed by atoms with E-state index in [4.69, 9.17) is 10.8 Å². The third kappa shape index (κ3) is 2.45. The van der Waals surface area contributed by atoms with Crippen molar-refractivity contribution in [3.63, 3.8) is 0 Å². The fourth-order valence-electron chi connectivity index (χ4n) is 1.78. The Kier molecular flexibility index (Phi) is 3.22. The Morgan fingerprint density at radius 2 is 2.39 bits per heavy atom. The van der Waals surface area contributed by atoms with Crippen LogP contribution in [0.2, 0.25) is 0 Å². The first-order valence-electron chi connectivity index (χ1n) is 5.48. The molecule has 7 nitrogen and oxygen atoms in total. The van der Waals surface area contributed by atoms with E-state index in [0.29, 0.717) is 18.8 Å². The van der Waals surface area contributed by atoms with E-state index in [0.717, 1.165) is 16.6 Å². The number of H-pyrrole nitrogens is 1. The van der Waals surface area contributed by atoms with Crippen LogP contribution in [0.25, 0.3) is 10.9 Å². The van der Waals surface area contributed by atoms with Crippen LogP contribution in [0.15, 0.2) is 18.3 Å². The number of carboxylic acid groups (broad SMARTS) is 1. The number of nitrogens with one attached hydrogen (secondary N) is 2. The summed E-state index contributed by atoms with van der Waals surface area (Å²) in [6.45, 7) is 0.877. The Labute approximate surface area is 104 Å². The number of nitrogens with zero attached hydrogens (tertiary/aromatic N) is 2. The van der Waals surface area contributed by atoms with E-state index in [1.54, 1.807) is 6.20 Å². The van der Waals surface area contributed by atoms with Gasteiger partial charge in [0.2, 0.25) is 0 Å². The number of anilines is 2. The molecular formula is C11H15N5O2. The Bertz CT molecular complexity index is 566. The van der Waals surface area contributed by atoms with E-state index < -0.39 is 6.09 Å². The molecule has 0 aliphatic carbocycles. The molecule has 5 N–H and O–H groups in total. The zero-order valence-corrected chi connectivity index (χ0v) is 9.97. The summed E-state index contributed by atoms with van der Waals surface area (Å²) in [5, 5.41) is 18.6. The standard InChI is InChI=1S/C11H15N5O2/c1-16(3-2-13-11(17)18)10-5-9-7(4-8(10)12)6-14-15-9/h4-6,13H,2-3,12H2,1H3,(H,14,15)(H,17,18). The third-order valence-electron chi connectivity index (χ3n) is 2.72. The number of likely N-dealkylation sites (N-methyl/N-ethyl adjacent to an activating group) is 1. The van der Waals surface area contributed by atoms with Gasteiger partial charge < -0.3 is 21.1 Å². The van der Waals surface area contributed by atoms with Crippen LogP contribution in [-0.4, -0.2) is 41.5 Å². The quantitative estimate of drug-likeness (QED) is 0.601. The summed E-state index contributed by atoms with van der Waals surface area (Å²) in [5.74, 6) is 0. The molecule has 0 spiro atoms. The number of aromatic amines is 1. The maximum atomic E-state index is 10.4. The maximum Gasteiger partial charge on any atom is 0.404 e. The molecule has 96 valence electrons. The maximum absolute atomic E-state index is 10.4. The molecular weight excluding hydrogens is 234 g/mol. The van der Waals surface area contributed by atoms with Gasteiger partial charge in [0, 0.05) is 25.5 Å². The molecule has 0 aliphatic rings. The number of hydrogen-bond acceptors (Lipinski definition) is 4. The molecule has 0 fully saturated rings. The zero-order valence-electron chi connectivity index (χ0n) is 9.97. The van der Waals surface area contributed by atoms with Crippen LogP contribution in [-0.2, 0) is 0 Å². The number of amides is 1. The lowest BCUT2D eigenvalue weighted by molar-refractivity contribution is 0.195. The summed E-state index contributed by atoms with van der Waals surface area (Å²) in [5.41, 5.74) is 8.35. The van der Waals surface area contributed by atoms with Crippen LogP contribution in [0.5, 0.6) is 0 Å². The number of nitrogen functional groups attached to an aromatic ring is 1. The summed E-state index contributed by atoms with van der Waals surface area (Å²) < 4.78 is 0. The van der Waals surface area contributed by atoms with Crippen LogP contribution in [0.1, 0.15) is 0 Å². The molecule has 18 heavy (non-hydrogen) atoms. The van der Waals surface area contributed by atoms with Crippen molar-refractivity contribution in [1.82, 2.24) is 15.5 Å². The van der Waals surface area contributed by atoms with E-state index in [1.165, 1.54) is 0 Å². The van der Waals surface area contributed by atoms with Crippen molar-refractivity contribution in [2.45, 2.75) is 0 Å².